The number of carbonyl (C=O) groups is 1. The maximum absolute atomic E-state index is 11.7. The van der Waals surface area contributed by atoms with Gasteiger partial charge in [0.25, 0.3) is 0 Å². The van der Waals surface area contributed by atoms with Crippen LogP contribution in [0.4, 0.5) is 0 Å². The summed E-state index contributed by atoms with van der Waals surface area (Å²) in [6, 6.07) is 0.548. The fourth-order valence-corrected chi connectivity index (χ4v) is 3.33. The third-order valence-electron chi connectivity index (χ3n) is 4.62. The highest BCUT2D eigenvalue weighted by molar-refractivity contribution is 14.0. The maximum Gasteiger partial charge on any atom is 0.306 e. The molecule has 0 radical (unpaired) electrons. The van der Waals surface area contributed by atoms with Crippen molar-refractivity contribution in [3.05, 3.63) is 0 Å². The van der Waals surface area contributed by atoms with Crippen LogP contribution in [0.1, 0.15) is 70.6 Å². The van der Waals surface area contributed by atoms with Crippen molar-refractivity contribution in [2.45, 2.75) is 82.8 Å². The molecule has 134 valence electrons. The average Bonchev–Trinajstić information content (AvgIpc) is 3.04. The summed E-state index contributed by atoms with van der Waals surface area (Å²) < 4.78 is 5.45. The number of halogens is 1. The van der Waals surface area contributed by atoms with E-state index in [2.05, 4.69) is 15.6 Å². The second-order valence-corrected chi connectivity index (χ2v) is 6.48. The van der Waals surface area contributed by atoms with E-state index < -0.39 is 0 Å². The summed E-state index contributed by atoms with van der Waals surface area (Å²) in [7, 11) is 1.80. The molecule has 6 heteroatoms. The third-order valence-corrected chi connectivity index (χ3v) is 4.62. The molecular formula is C17H32IN3O2. The number of hydrogen-bond donors (Lipinski definition) is 2. The van der Waals surface area contributed by atoms with E-state index in [0.717, 1.165) is 31.8 Å². The Morgan fingerprint density at radius 2 is 1.74 bits per heavy atom. The molecule has 0 spiro atoms. The summed E-state index contributed by atoms with van der Waals surface area (Å²) in [6.45, 7) is 0.756. The molecule has 0 unspecified atom stereocenters. The zero-order valence-electron chi connectivity index (χ0n) is 14.3. The SMILES string of the molecule is CN=C(NCCCC(=O)OC1CCCC1)NC1CCCCC1.I. The van der Waals surface area contributed by atoms with Crippen LogP contribution in [0.2, 0.25) is 0 Å². The van der Waals surface area contributed by atoms with Crippen molar-refractivity contribution in [3.8, 4) is 0 Å². The normalized spacial score (nSPS) is 20.0. The molecule has 0 bridgehead atoms. The molecule has 2 saturated carbocycles. The van der Waals surface area contributed by atoms with Crippen molar-refractivity contribution >= 4 is 35.9 Å². The molecule has 2 rings (SSSR count). The second-order valence-electron chi connectivity index (χ2n) is 6.48. The Labute approximate surface area is 157 Å². The van der Waals surface area contributed by atoms with E-state index in [1.165, 1.54) is 44.9 Å². The predicted octanol–water partition coefficient (Wildman–Crippen LogP) is 3.37. The molecular weight excluding hydrogens is 405 g/mol. The highest BCUT2D eigenvalue weighted by Gasteiger charge is 2.19. The molecule has 0 amide bonds. The Kier molecular flexibility index (Phi) is 10.6. The van der Waals surface area contributed by atoms with Crippen LogP contribution in [0, 0.1) is 0 Å². The van der Waals surface area contributed by atoms with Gasteiger partial charge < -0.3 is 15.4 Å². The van der Waals surface area contributed by atoms with Crippen LogP contribution in [-0.2, 0) is 9.53 Å². The van der Waals surface area contributed by atoms with Gasteiger partial charge in [-0.25, -0.2) is 0 Å². The monoisotopic (exact) mass is 437 g/mol. The fraction of sp³-hybridized carbons (Fsp3) is 0.882. The Morgan fingerprint density at radius 3 is 2.39 bits per heavy atom. The smallest absolute Gasteiger partial charge is 0.306 e. The molecule has 2 aliphatic rings. The fourth-order valence-electron chi connectivity index (χ4n) is 3.33. The van der Waals surface area contributed by atoms with E-state index in [1.807, 2.05) is 0 Å². The summed E-state index contributed by atoms with van der Waals surface area (Å²) in [6.07, 6.45) is 12.4. The molecule has 2 aliphatic carbocycles. The van der Waals surface area contributed by atoms with Gasteiger partial charge in [0.1, 0.15) is 6.10 Å². The lowest BCUT2D eigenvalue weighted by atomic mass is 9.96. The van der Waals surface area contributed by atoms with Crippen LogP contribution in [0.3, 0.4) is 0 Å². The van der Waals surface area contributed by atoms with Crippen LogP contribution >= 0.6 is 24.0 Å². The van der Waals surface area contributed by atoms with Crippen LogP contribution in [0.15, 0.2) is 4.99 Å². The first-order valence-corrected chi connectivity index (χ1v) is 8.94. The number of aliphatic imine (C=N–C) groups is 1. The van der Waals surface area contributed by atoms with E-state index in [9.17, 15) is 4.79 Å². The van der Waals surface area contributed by atoms with Gasteiger partial charge in [-0.2, -0.15) is 0 Å². The minimum Gasteiger partial charge on any atom is -0.462 e. The van der Waals surface area contributed by atoms with Crippen molar-refractivity contribution in [2.24, 2.45) is 4.99 Å². The number of rotatable bonds is 6. The van der Waals surface area contributed by atoms with Gasteiger partial charge in [0, 0.05) is 26.1 Å². The van der Waals surface area contributed by atoms with Crippen molar-refractivity contribution in [1.29, 1.82) is 0 Å². The molecule has 0 aromatic carbocycles. The zero-order valence-corrected chi connectivity index (χ0v) is 16.6. The van der Waals surface area contributed by atoms with Gasteiger partial charge >= 0.3 is 5.97 Å². The number of nitrogens with zero attached hydrogens (tertiary/aromatic N) is 1. The standard InChI is InChI=1S/C17H31N3O2.HI/c1-18-17(20-14-8-3-2-4-9-14)19-13-7-12-16(21)22-15-10-5-6-11-15;/h14-15H,2-13H2,1H3,(H2,18,19,20);1H. The first-order valence-electron chi connectivity index (χ1n) is 8.94. The summed E-state index contributed by atoms with van der Waals surface area (Å²) in [5.74, 6) is 0.806. The predicted molar refractivity (Wildman–Crippen MR) is 104 cm³/mol. The minimum atomic E-state index is -0.0519. The third kappa shape index (κ3) is 8.22. The van der Waals surface area contributed by atoms with Gasteiger partial charge in [-0.1, -0.05) is 19.3 Å². The van der Waals surface area contributed by atoms with Crippen molar-refractivity contribution < 1.29 is 9.53 Å². The number of guanidine groups is 1. The average molecular weight is 437 g/mol. The summed E-state index contributed by atoms with van der Waals surface area (Å²) in [5, 5.41) is 6.77. The van der Waals surface area contributed by atoms with Crippen LogP contribution < -0.4 is 10.6 Å². The van der Waals surface area contributed by atoms with Gasteiger partial charge in [-0.3, -0.25) is 9.79 Å². The highest BCUT2D eigenvalue weighted by atomic mass is 127. The van der Waals surface area contributed by atoms with Crippen molar-refractivity contribution in [3.63, 3.8) is 0 Å². The largest absolute Gasteiger partial charge is 0.462 e. The summed E-state index contributed by atoms with van der Waals surface area (Å²) in [4.78, 5) is 16.0. The lowest BCUT2D eigenvalue weighted by Crippen LogP contribution is -2.44. The van der Waals surface area contributed by atoms with Crippen LogP contribution in [0.25, 0.3) is 0 Å². The molecule has 2 N–H and O–H groups in total. The molecule has 0 saturated heterocycles. The first kappa shape index (κ1) is 20.5. The molecule has 23 heavy (non-hydrogen) atoms. The molecule has 0 aromatic rings. The van der Waals surface area contributed by atoms with Gasteiger partial charge in [-0.05, 0) is 44.9 Å². The number of esters is 1. The van der Waals surface area contributed by atoms with E-state index in [1.54, 1.807) is 7.05 Å². The Hall–Kier alpha value is -0.530. The molecule has 5 nitrogen and oxygen atoms in total. The number of carbonyl (C=O) groups excluding carboxylic acids is 1. The molecule has 0 aliphatic heterocycles. The topological polar surface area (TPSA) is 62.7 Å². The molecule has 2 fully saturated rings. The Bertz CT molecular complexity index is 365. The van der Waals surface area contributed by atoms with Crippen molar-refractivity contribution in [2.75, 3.05) is 13.6 Å². The maximum atomic E-state index is 11.7. The quantitative estimate of drug-likeness (QED) is 0.220. The molecule has 0 heterocycles. The van der Waals surface area contributed by atoms with Gasteiger partial charge in [-0.15, -0.1) is 24.0 Å². The van der Waals surface area contributed by atoms with Crippen molar-refractivity contribution in [1.82, 2.24) is 10.6 Å². The van der Waals surface area contributed by atoms with E-state index in [-0.39, 0.29) is 36.0 Å². The highest BCUT2D eigenvalue weighted by Crippen LogP contribution is 2.21. The van der Waals surface area contributed by atoms with E-state index in [0.29, 0.717) is 12.5 Å². The lowest BCUT2D eigenvalue weighted by molar-refractivity contribution is -0.148. The summed E-state index contributed by atoms with van der Waals surface area (Å²) in [5.41, 5.74) is 0. The van der Waals surface area contributed by atoms with Crippen LogP contribution in [-0.4, -0.2) is 37.7 Å². The van der Waals surface area contributed by atoms with Crippen LogP contribution in [0.5, 0.6) is 0 Å². The Morgan fingerprint density at radius 1 is 1.09 bits per heavy atom. The zero-order chi connectivity index (χ0) is 15.6. The lowest BCUT2D eigenvalue weighted by Gasteiger charge is -2.24. The molecule has 0 aromatic heterocycles. The van der Waals surface area contributed by atoms with Gasteiger partial charge in [0.15, 0.2) is 5.96 Å². The van der Waals surface area contributed by atoms with Gasteiger partial charge in [0.05, 0.1) is 0 Å². The minimum absolute atomic E-state index is 0. The van der Waals surface area contributed by atoms with E-state index >= 15 is 0 Å². The van der Waals surface area contributed by atoms with Gasteiger partial charge in [0.2, 0.25) is 0 Å². The number of nitrogens with one attached hydrogen (secondary N) is 2. The summed E-state index contributed by atoms with van der Waals surface area (Å²) >= 11 is 0. The second kappa shape index (κ2) is 11.9. The molecule has 0 atom stereocenters. The Balaban J connectivity index is 0.00000264. The van der Waals surface area contributed by atoms with E-state index in [4.69, 9.17) is 4.74 Å². The first-order chi connectivity index (χ1) is 10.8. The number of ether oxygens (including phenoxy) is 1. The number of hydrogen-bond acceptors (Lipinski definition) is 3.